The molecule has 4 atom stereocenters. The molecular formula is C25H34N6O8S. The van der Waals surface area contributed by atoms with Crippen molar-refractivity contribution in [3.8, 4) is 0 Å². The lowest BCUT2D eigenvalue weighted by molar-refractivity contribution is -0.147. The molecule has 40 heavy (non-hydrogen) atoms. The van der Waals surface area contributed by atoms with Crippen LogP contribution in [0.15, 0.2) is 30.5 Å². The van der Waals surface area contributed by atoms with Crippen LogP contribution in [0.2, 0.25) is 0 Å². The molecule has 15 heteroatoms. The zero-order chi connectivity index (χ0) is 29.8. The Labute approximate surface area is 234 Å². The van der Waals surface area contributed by atoms with Gasteiger partial charge < -0.3 is 42.6 Å². The smallest absolute Gasteiger partial charge is 0.326 e. The van der Waals surface area contributed by atoms with E-state index in [4.69, 9.17) is 16.6 Å². The minimum atomic E-state index is -1.78. The summed E-state index contributed by atoms with van der Waals surface area (Å²) in [4.78, 5) is 76.1. The van der Waals surface area contributed by atoms with Crippen LogP contribution >= 0.6 is 11.8 Å². The first-order valence-electron chi connectivity index (χ1n) is 12.4. The van der Waals surface area contributed by atoms with Gasteiger partial charge in [0.25, 0.3) is 0 Å². The number of primary amides is 1. The van der Waals surface area contributed by atoms with E-state index in [-0.39, 0.29) is 19.3 Å². The Morgan fingerprint density at radius 1 is 0.925 bits per heavy atom. The number of carboxylic acid groups (broad SMARTS) is 2. The molecule has 2 aromatic rings. The number of aromatic amines is 1. The van der Waals surface area contributed by atoms with E-state index in [9.17, 15) is 33.9 Å². The lowest BCUT2D eigenvalue weighted by Crippen LogP contribution is -2.57. The van der Waals surface area contributed by atoms with Crippen molar-refractivity contribution in [2.45, 2.75) is 56.3 Å². The second-order valence-electron chi connectivity index (χ2n) is 9.08. The zero-order valence-electron chi connectivity index (χ0n) is 21.8. The van der Waals surface area contributed by atoms with Gasteiger partial charge in [0.15, 0.2) is 0 Å². The number of hydrogen-bond donors (Lipinski definition) is 8. The van der Waals surface area contributed by atoms with E-state index in [1.165, 1.54) is 11.8 Å². The van der Waals surface area contributed by atoms with Crippen molar-refractivity contribution >= 4 is 58.2 Å². The van der Waals surface area contributed by atoms with E-state index < -0.39 is 66.2 Å². The van der Waals surface area contributed by atoms with Crippen molar-refractivity contribution < 1.29 is 39.0 Å². The molecule has 1 heterocycles. The Kier molecular flexibility index (Phi) is 12.4. The summed E-state index contributed by atoms with van der Waals surface area (Å²) < 4.78 is 0. The highest BCUT2D eigenvalue weighted by molar-refractivity contribution is 7.98. The predicted octanol–water partition coefficient (Wildman–Crippen LogP) is -0.930. The first kappa shape index (κ1) is 32.1. The van der Waals surface area contributed by atoms with Crippen molar-refractivity contribution in [3.05, 3.63) is 36.0 Å². The van der Waals surface area contributed by atoms with Crippen LogP contribution < -0.4 is 27.4 Å². The van der Waals surface area contributed by atoms with E-state index in [0.717, 1.165) is 10.9 Å². The number of aliphatic carboxylic acids is 2. The fourth-order valence-corrected chi connectivity index (χ4v) is 4.35. The molecule has 14 nitrogen and oxygen atoms in total. The number of benzene rings is 1. The fourth-order valence-electron chi connectivity index (χ4n) is 3.86. The van der Waals surface area contributed by atoms with Crippen molar-refractivity contribution in [2.24, 2.45) is 11.5 Å². The largest absolute Gasteiger partial charge is 0.481 e. The van der Waals surface area contributed by atoms with Crippen LogP contribution in [0.5, 0.6) is 0 Å². The third kappa shape index (κ3) is 9.89. The minimum absolute atomic E-state index is 0.0117. The van der Waals surface area contributed by atoms with Gasteiger partial charge in [-0.2, -0.15) is 11.8 Å². The van der Waals surface area contributed by atoms with Gasteiger partial charge in [-0.1, -0.05) is 18.2 Å². The number of carbonyl (C=O) groups is 6. The highest BCUT2D eigenvalue weighted by atomic mass is 32.2. The first-order valence-corrected chi connectivity index (χ1v) is 13.8. The third-order valence-corrected chi connectivity index (χ3v) is 6.65. The second kappa shape index (κ2) is 15.5. The standard InChI is InChI=1S/C25H34N6O8S/c1-40-9-8-15(26)22(35)30-18(10-13-12-28-16-5-3-2-4-14(13)16)24(37)29-17(6-7-20(27)32)23(36)31-19(25(38)39)11-21(33)34/h2-5,12,15,17-19,28H,6-11,26H2,1H3,(H2,27,32)(H,29,37)(H,30,35)(H,31,36)(H,33,34)(H,38,39). The number of hydrogen-bond acceptors (Lipinski definition) is 8. The number of aromatic nitrogens is 1. The van der Waals surface area contributed by atoms with Crippen LogP contribution in [-0.2, 0) is 35.2 Å². The molecule has 0 radical (unpaired) electrons. The van der Waals surface area contributed by atoms with E-state index in [0.29, 0.717) is 17.7 Å². The maximum Gasteiger partial charge on any atom is 0.326 e. The maximum absolute atomic E-state index is 13.4. The quantitative estimate of drug-likeness (QED) is 0.114. The normalized spacial score (nSPS) is 13.9. The number of thioether (sulfide) groups is 1. The van der Waals surface area contributed by atoms with Gasteiger partial charge in [-0.3, -0.25) is 24.0 Å². The number of carboxylic acids is 2. The Hall–Kier alpha value is -4.11. The zero-order valence-corrected chi connectivity index (χ0v) is 22.7. The van der Waals surface area contributed by atoms with E-state index in [2.05, 4.69) is 20.9 Å². The molecule has 4 unspecified atom stereocenters. The molecule has 0 bridgehead atoms. The number of para-hydroxylation sites is 1. The summed E-state index contributed by atoms with van der Waals surface area (Å²) >= 11 is 1.50. The lowest BCUT2D eigenvalue weighted by Gasteiger charge is -2.25. The van der Waals surface area contributed by atoms with Gasteiger partial charge in [0.2, 0.25) is 23.6 Å². The average Bonchev–Trinajstić information content (AvgIpc) is 3.30. The molecule has 218 valence electrons. The molecular weight excluding hydrogens is 544 g/mol. The summed E-state index contributed by atoms with van der Waals surface area (Å²) in [5.74, 6) is -5.65. The molecule has 10 N–H and O–H groups in total. The highest BCUT2D eigenvalue weighted by Crippen LogP contribution is 2.19. The van der Waals surface area contributed by atoms with Crippen molar-refractivity contribution in [3.63, 3.8) is 0 Å². The van der Waals surface area contributed by atoms with Gasteiger partial charge in [-0.15, -0.1) is 0 Å². The summed E-state index contributed by atoms with van der Waals surface area (Å²) in [5, 5.41) is 26.2. The van der Waals surface area contributed by atoms with E-state index in [1.807, 2.05) is 30.5 Å². The molecule has 0 aliphatic rings. The maximum atomic E-state index is 13.4. The molecule has 0 saturated carbocycles. The Morgan fingerprint density at radius 2 is 1.55 bits per heavy atom. The van der Waals surface area contributed by atoms with Crippen molar-refractivity contribution in [1.29, 1.82) is 0 Å². The Bertz CT molecular complexity index is 1230. The van der Waals surface area contributed by atoms with Gasteiger partial charge in [-0.25, -0.2) is 4.79 Å². The third-order valence-electron chi connectivity index (χ3n) is 6.01. The topological polar surface area (TPSA) is 247 Å². The number of amides is 4. The van der Waals surface area contributed by atoms with Crippen LogP contribution in [0.3, 0.4) is 0 Å². The molecule has 0 fully saturated rings. The van der Waals surface area contributed by atoms with Gasteiger partial charge in [0, 0.05) is 29.9 Å². The van der Waals surface area contributed by atoms with E-state index in [1.54, 1.807) is 6.20 Å². The van der Waals surface area contributed by atoms with Crippen LogP contribution in [0, 0.1) is 0 Å². The molecule has 4 amide bonds. The average molecular weight is 579 g/mol. The van der Waals surface area contributed by atoms with Gasteiger partial charge in [-0.05, 0) is 36.5 Å². The monoisotopic (exact) mass is 578 g/mol. The summed E-state index contributed by atoms with van der Waals surface area (Å²) in [7, 11) is 0. The molecule has 0 aliphatic heterocycles. The second-order valence-corrected chi connectivity index (χ2v) is 10.1. The fraction of sp³-hybridized carbons (Fsp3) is 0.440. The highest BCUT2D eigenvalue weighted by Gasteiger charge is 2.31. The number of carbonyl (C=O) groups excluding carboxylic acids is 4. The molecule has 0 aliphatic carbocycles. The Morgan fingerprint density at radius 3 is 2.17 bits per heavy atom. The van der Waals surface area contributed by atoms with Crippen LogP contribution in [0.25, 0.3) is 10.9 Å². The number of nitrogens with two attached hydrogens (primary N) is 2. The summed E-state index contributed by atoms with van der Waals surface area (Å²) in [5.41, 5.74) is 12.7. The first-order chi connectivity index (χ1) is 18.9. The van der Waals surface area contributed by atoms with Crippen LogP contribution in [0.1, 0.15) is 31.2 Å². The molecule has 2 rings (SSSR count). The lowest BCUT2D eigenvalue weighted by atomic mass is 10.0. The van der Waals surface area contributed by atoms with Crippen molar-refractivity contribution in [1.82, 2.24) is 20.9 Å². The van der Waals surface area contributed by atoms with E-state index >= 15 is 0 Å². The molecule has 0 saturated heterocycles. The van der Waals surface area contributed by atoms with Crippen molar-refractivity contribution in [2.75, 3.05) is 12.0 Å². The predicted molar refractivity (Wildman–Crippen MR) is 147 cm³/mol. The van der Waals surface area contributed by atoms with Gasteiger partial charge >= 0.3 is 11.9 Å². The van der Waals surface area contributed by atoms with Crippen LogP contribution in [0.4, 0.5) is 0 Å². The Balaban J connectivity index is 2.31. The number of nitrogens with one attached hydrogen (secondary N) is 4. The molecule has 1 aromatic carbocycles. The minimum Gasteiger partial charge on any atom is -0.481 e. The van der Waals surface area contributed by atoms with Gasteiger partial charge in [0.05, 0.1) is 12.5 Å². The SMILES string of the molecule is CSCCC(N)C(=O)NC(Cc1c[nH]c2ccccc12)C(=O)NC(CCC(N)=O)C(=O)NC(CC(=O)O)C(=O)O. The van der Waals surface area contributed by atoms with Crippen LogP contribution in [-0.4, -0.2) is 86.9 Å². The number of H-pyrrole nitrogens is 1. The number of rotatable bonds is 17. The number of fused-ring (bicyclic) bond motifs is 1. The molecule has 0 spiro atoms. The van der Waals surface area contributed by atoms with Gasteiger partial charge in [0.1, 0.15) is 18.1 Å². The summed E-state index contributed by atoms with van der Waals surface area (Å²) in [6.07, 6.45) is 2.37. The molecule has 1 aromatic heterocycles. The summed E-state index contributed by atoms with van der Waals surface area (Å²) in [6, 6.07) is 1.97. The summed E-state index contributed by atoms with van der Waals surface area (Å²) in [6.45, 7) is 0.